The van der Waals surface area contributed by atoms with Gasteiger partial charge in [0, 0.05) is 0 Å². The van der Waals surface area contributed by atoms with Crippen LogP contribution in [0.2, 0.25) is 0 Å². The van der Waals surface area contributed by atoms with Crippen molar-refractivity contribution in [3.8, 4) is 5.75 Å². The summed E-state index contributed by atoms with van der Waals surface area (Å²) < 4.78 is 11.5. The van der Waals surface area contributed by atoms with Gasteiger partial charge in [0.1, 0.15) is 17.1 Å². The van der Waals surface area contributed by atoms with Crippen LogP contribution in [-0.2, 0) is 6.54 Å². The van der Waals surface area contributed by atoms with Crippen LogP contribution in [0.5, 0.6) is 5.75 Å². The SMILES string of the molecule is Cc1cc(C)c2oc3c(c(=O)c2c1)[C@H](c1cccc(O)c1)N(Cc1ccco1)C3=O. The summed E-state index contributed by atoms with van der Waals surface area (Å²) in [6, 6.07) is 13.1. The van der Waals surface area contributed by atoms with Gasteiger partial charge in [0.15, 0.2) is 5.43 Å². The Morgan fingerprint density at radius 3 is 2.63 bits per heavy atom. The number of phenolic OH excluding ortho intramolecular Hbond substituents is 1. The number of phenols is 1. The zero-order chi connectivity index (χ0) is 21.0. The van der Waals surface area contributed by atoms with Crippen molar-refractivity contribution in [2.24, 2.45) is 0 Å². The van der Waals surface area contributed by atoms with E-state index in [2.05, 4.69) is 0 Å². The number of aromatic hydroxyl groups is 1. The van der Waals surface area contributed by atoms with Crippen LogP contribution in [0.1, 0.15) is 44.6 Å². The third-order valence-electron chi connectivity index (χ3n) is 5.49. The van der Waals surface area contributed by atoms with Crippen LogP contribution in [0.25, 0.3) is 11.0 Å². The van der Waals surface area contributed by atoms with Gasteiger partial charge in [-0.05, 0) is 60.9 Å². The van der Waals surface area contributed by atoms with Gasteiger partial charge in [0.05, 0.1) is 29.8 Å². The third-order valence-corrected chi connectivity index (χ3v) is 5.49. The molecule has 0 saturated carbocycles. The summed E-state index contributed by atoms with van der Waals surface area (Å²) in [7, 11) is 0. The summed E-state index contributed by atoms with van der Waals surface area (Å²) in [5.74, 6) is 0.307. The zero-order valence-corrected chi connectivity index (χ0v) is 16.5. The second kappa shape index (κ2) is 6.62. The highest BCUT2D eigenvalue weighted by molar-refractivity contribution is 5.99. The Hall–Kier alpha value is -3.80. The molecule has 150 valence electrons. The molecule has 1 atom stereocenters. The van der Waals surface area contributed by atoms with E-state index in [0.29, 0.717) is 22.3 Å². The highest BCUT2D eigenvalue weighted by Crippen LogP contribution is 2.40. The lowest BCUT2D eigenvalue weighted by Gasteiger charge is -2.24. The van der Waals surface area contributed by atoms with Crippen molar-refractivity contribution < 1.29 is 18.7 Å². The molecule has 30 heavy (non-hydrogen) atoms. The highest BCUT2D eigenvalue weighted by atomic mass is 16.4. The molecule has 0 saturated heterocycles. The molecule has 6 nitrogen and oxygen atoms in total. The second-order valence-electron chi connectivity index (χ2n) is 7.64. The van der Waals surface area contributed by atoms with Gasteiger partial charge in [-0.15, -0.1) is 0 Å². The Labute approximate surface area is 172 Å². The smallest absolute Gasteiger partial charge is 0.291 e. The second-order valence-corrected chi connectivity index (χ2v) is 7.64. The number of carbonyl (C=O) groups is 1. The van der Waals surface area contributed by atoms with Crippen LogP contribution in [0.3, 0.4) is 0 Å². The largest absolute Gasteiger partial charge is 0.508 e. The quantitative estimate of drug-likeness (QED) is 0.548. The molecule has 1 aliphatic heterocycles. The number of hydrogen-bond acceptors (Lipinski definition) is 5. The van der Waals surface area contributed by atoms with Gasteiger partial charge in [-0.1, -0.05) is 18.2 Å². The lowest BCUT2D eigenvalue weighted by Crippen LogP contribution is -2.29. The molecular weight excluding hydrogens is 382 g/mol. The molecule has 1 aliphatic rings. The Kier molecular flexibility index (Phi) is 4.03. The fourth-order valence-corrected chi connectivity index (χ4v) is 4.25. The lowest BCUT2D eigenvalue weighted by molar-refractivity contribution is 0.0701. The lowest BCUT2D eigenvalue weighted by atomic mass is 9.97. The number of benzene rings is 2. The molecule has 5 rings (SSSR count). The normalized spacial score (nSPS) is 15.7. The van der Waals surface area contributed by atoms with Gasteiger partial charge in [-0.25, -0.2) is 0 Å². The molecule has 0 aliphatic carbocycles. The summed E-state index contributed by atoms with van der Waals surface area (Å²) in [6.07, 6.45) is 1.54. The van der Waals surface area contributed by atoms with Crippen LogP contribution >= 0.6 is 0 Å². The fourth-order valence-electron chi connectivity index (χ4n) is 4.25. The molecule has 0 unspecified atom stereocenters. The van der Waals surface area contributed by atoms with E-state index in [0.717, 1.165) is 11.1 Å². The first kappa shape index (κ1) is 18.2. The van der Waals surface area contributed by atoms with Crippen molar-refractivity contribution >= 4 is 16.9 Å². The summed E-state index contributed by atoms with van der Waals surface area (Å²) in [6.45, 7) is 3.95. The van der Waals surface area contributed by atoms with Crippen LogP contribution in [0.15, 0.2) is 68.4 Å². The third kappa shape index (κ3) is 2.72. The Bertz CT molecular complexity index is 1350. The summed E-state index contributed by atoms with van der Waals surface area (Å²) in [5.41, 5.74) is 2.85. The van der Waals surface area contributed by atoms with Crippen molar-refractivity contribution in [2.45, 2.75) is 26.4 Å². The van der Waals surface area contributed by atoms with Crippen LogP contribution < -0.4 is 5.43 Å². The summed E-state index contributed by atoms with van der Waals surface area (Å²) >= 11 is 0. The average molecular weight is 401 g/mol. The van der Waals surface area contributed by atoms with E-state index in [1.807, 2.05) is 19.9 Å². The number of aryl methyl sites for hydroxylation is 2. The number of furan rings is 1. The molecule has 4 aromatic rings. The minimum Gasteiger partial charge on any atom is -0.508 e. The van der Waals surface area contributed by atoms with Gasteiger partial charge in [0.2, 0.25) is 5.76 Å². The van der Waals surface area contributed by atoms with Crippen molar-refractivity contribution in [1.29, 1.82) is 0 Å². The van der Waals surface area contributed by atoms with E-state index >= 15 is 0 Å². The number of fused-ring (bicyclic) bond motifs is 2. The van der Waals surface area contributed by atoms with E-state index in [1.54, 1.807) is 47.4 Å². The highest BCUT2D eigenvalue weighted by Gasteiger charge is 2.43. The molecule has 1 amide bonds. The minimum atomic E-state index is -0.689. The molecule has 3 heterocycles. The fraction of sp³-hybridized carbons (Fsp3) is 0.167. The van der Waals surface area contributed by atoms with Crippen molar-refractivity contribution in [1.82, 2.24) is 4.90 Å². The molecule has 2 aromatic carbocycles. The molecule has 0 radical (unpaired) electrons. The summed E-state index contributed by atoms with van der Waals surface area (Å²) in [4.78, 5) is 28.5. The van der Waals surface area contributed by atoms with E-state index < -0.39 is 6.04 Å². The Balaban J connectivity index is 1.79. The number of nitrogens with zero attached hydrogens (tertiary/aromatic N) is 1. The monoisotopic (exact) mass is 401 g/mol. The first-order chi connectivity index (χ1) is 14.4. The van der Waals surface area contributed by atoms with E-state index in [1.165, 1.54) is 6.26 Å². The molecule has 2 aromatic heterocycles. The maximum absolute atomic E-state index is 13.6. The number of carbonyl (C=O) groups excluding carboxylic acids is 1. The predicted octanol–water partition coefficient (Wildman–Crippen LogP) is 4.45. The molecular formula is C24H19NO5. The maximum atomic E-state index is 13.6. The molecule has 0 fully saturated rings. The maximum Gasteiger partial charge on any atom is 0.291 e. The molecule has 6 heteroatoms. The van der Waals surface area contributed by atoms with E-state index in [4.69, 9.17) is 8.83 Å². The van der Waals surface area contributed by atoms with Crippen molar-refractivity contribution in [2.75, 3.05) is 0 Å². The number of rotatable bonds is 3. The molecule has 0 bridgehead atoms. The van der Waals surface area contributed by atoms with Crippen LogP contribution in [-0.4, -0.2) is 15.9 Å². The van der Waals surface area contributed by atoms with Gasteiger partial charge < -0.3 is 18.8 Å². The topological polar surface area (TPSA) is 83.9 Å². The Morgan fingerprint density at radius 1 is 1.07 bits per heavy atom. The predicted molar refractivity (Wildman–Crippen MR) is 110 cm³/mol. The van der Waals surface area contributed by atoms with Gasteiger partial charge in [0.25, 0.3) is 5.91 Å². The summed E-state index contributed by atoms with van der Waals surface area (Å²) in [5, 5.41) is 10.5. The van der Waals surface area contributed by atoms with Gasteiger partial charge >= 0.3 is 0 Å². The first-order valence-electron chi connectivity index (χ1n) is 9.64. The van der Waals surface area contributed by atoms with E-state index in [9.17, 15) is 14.7 Å². The van der Waals surface area contributed by atoms with Crippen molar-refractivity contribution in [3.63, 3.8) is 0 Å². The number of amides is 1. The number of hydrogen-bond donors (Lipinski definition) is 1. The molecule has 0 spiro atoms. The minimum absolute atomic E-state index is 0.0411. The van der Waals surface area contributed by atoms with Crippen molar-refractivity contribution in [3.05, 3.63) is 98.8 Å². The van der Waals surface area contributed by atoms with Crippen LogP contribution in [0.4, 0.5) is 0 Å². The standard InChI is InChI=1S/C24H19NO5/c1-13-9-14(2)22-18(10-13)21(27)19-20(15-5-3-6-16(26)11-15)25(24(28)23(19)30-22)12-17-7-4-8-29-17/h3-11,20,26H,12H2,1-2H3/t20-/m0/s1. The van der Waals surface area contributed by atoms with E-state index in [-0.39, 0.29) is 35.0 Å². The van der Waals surface area contributed by atoms with Gasteiger partial charge in [-0.2, -0.15) is 0 Å². The van der Waals surface area contributed by atoms with Gasteiger partial charge in [-0.3, -0.25) is 9.59 Å². The Morgan fingerprint density at radius 2 is 1.90 bits per heavy atom. The first-order valence-corrected chi connectivity index (χ1v) is 9.64. The average Bonchev–Trinajstić information content (AvgIpc) is 3.31. The van der Waals surface area contributed by atoms with Crippen LogP contribution in [0, 0.1) is 13.8 Å². The molecule has 1 N–H and O–H groups in total. The zero-order valence-electron chi connectivity index (χ0n) is 16.5.